The Hall–Kier alpha value is -2.06. The average Bonchev–Trinajstić information content (AvgIpc) is 2.46. The third-order valence-corrected chi connectivity index (χ3v) is 5.11. The largest absolute Gasteiger partial charge is 0.280 e. The molecule has 0 spiro atoms. The predicted molar refractivity (Wildman–Crippen MR) is 86.9 cm³/mol. The molecule has 0 bridgehead atoms. The van der Waals surface area contributed by atoms with Crippen LogP contribution in [0.1, 0.15) is 5.56 Å². The molecule has 0 aliphatic carbocycles. The van der Waals surface area contributed by atoms with Crippen molar-refractivity contribution in [3.63, 3.8) is 0 Å². The Kier molecular flexibility index (Phi) is 4.72. The molecule has 22 heavy (non-hydrogen) atoms. The molecule has 0 aliphatic rings. The van der Waals surface area contributed by atoms with Crippen molar-refractivity contribution in [2.75, 3.05) is 11.0 Å². The van der Waals surface area contributed by atoms with Crippen LogP contribution < -0.4 is 4.72 Å². The molecule has 0 heterocycles. The summed E-state index contributed by atoms with van der Waals surface area (Å²) < 4.78 is 27.1. The van der Waals surface area contributed by atoms with Gasteiger partial charge in [0.1, 0.15) is 0 Å². The molecule has 0 saturated carbocycles. The average molecular weight is 338 g/mol. The smallest absolute Gasteiger partial charge is 0.273 e. The van der Waals surface area contributed by atoms with Crippen LogP contribution in [0.15, 0.2) is 52.3 Å². The van der Waals surface area contributed by atoms with E-state index in [-0.39, 0.29) is 10.6 Å². The van der Waals surface area contributed by atoms with Gasteiger partial charge in [0, 0.05) is 22.2 Å². The minimum absolute atomic E-state index is 0.139. The van der Waals surface area contributed by atoms with Gasteiger partial charge in [-0.15, -0.1) is 11.8 Å². The van der Waals surface area contributed by atoms with E-state index >= 15 is 0 Å². The SMILES string of the molecule is CSc1cccc(NS(=O)(=O)c2ccc(C)c([N+](=O)[O-])c2)c1. The second-order valence-corrected chi connectivity index (χ2v) is 7.10. The molecule has 6 nitrogen and oxygen atoms in total. The van der Waals surface area contributed by atoms with Gasteiger partial charge in [0.15, 0.2) is 0 Å². The lowest BCUT2D eigenvalue weighted by Gasteiger charge is -2.09. The highest BCUT2D eigenvalue weighted by atomic mass is 32.2. The van der Waals surface area contributed by atoms with Crippen LogP contribution in [0.4, 0.5) is 11.4 Å². The van der Waals surface area contributed by atoms with Gasteiger partial charge in [0.05, 0.1) is 9.82 Å². The number of hydrogen-bond acceptors (Lipinski definition) is 5. The predicted octanol–water partition coefficient (Wildman–Crippen LogP) is 3.43. The third-order valence-electron chi connectivity index (χ3n) is 3.01. The highest BCUT2D eigenvalue weighted by molar-refractivity contribution is 7.98. The van der Waals surface area contributed by atoms with Gasteiger partial charge in [0.2, 0.25) is 0 Å². The van der Waals surface area contributed by atoms with Crippen LogP contribution in [0.25, 0.3) is 0 Å². The van der Waals surface area contributed by atoms with Crippen molar-refractivity contribution in [2.45, 2.75) is 16.7 Å². The maximum Gasteiger partial charge on any atom is 0.273 e. The second kappa shape index (κ2) is 6.37. The van der Waals surface area contributed by atoms with Crippen molar-refractivity contribution in [1.82, 2.24) is 0 Å². The Morgan fingerprint density at radius 1 is 1.18 bits per heavy atom. The molecule has 0 aliphatic heterocycles. The summed E-state index contributed by atoms with van der Waals surface area (Å²) in [5.41, 5.74) is 0.601. The number of sulfonamides is 1. The summed E-state index contributed by atoms with van der Waals surface area (Å²) in [5.74, 6) is 0. The standard InChI is InChI=1S/C14H14N2O4S2/c1-10-6-7-13(9-14(10)16(17)18)22(19,20)15-11-4-3-5-12(8-11)21-2/h3-9,15H,1-2H3. The fourth-order valence-electron chi connectivity index (χ4n) is 1.85. The lowest BCUT2D eigenvalue weighted by atomic mass is 10.2. The highest BCUT2D eigenvalue weighted by Crippen LogP contribution is 2.25. The molecule has 0 unspecified atom stereocenters. The van der Waals surface area contributed by atoms with E-state index in [4.69, 9.17) is 0 Å². The Morgan fingerprint density at radius 2 is 1.91 bits per heavy atom. The van der Waals surface area contributed by atoms with E-state index < -0.39 is 14.9 Å². The molecule has 0 atom stereocenters. The molecule has 116 valence electrons. The summed E-state index contributed by atoms with van der Waals surface area (Å²) in [6.07, 6.45) is 1.89. The van der Waals surface area contributed by atoms with Crippen LogP contribution in [-0.2, 0) is 10.0 Å². The van der Waals surface area contributed by atoms with Gasteiger partial charge in [0.25, 0.3) is 15.7 Å². The van der Waals surface area contributed by atoms with E-state index in [0.717, 1.165) is 11.0 Å². The van der Waals surface area contributed by atoms with E-state index in [1.54, 1.807) is 25.1 Å². The molecule has 0 fully saturated rings. The number of aryl methyl sites for hydroxylation is 1. The zero-order valence-electron chi connectivity index (χ0n) is 11.9. The molecule has 0 amide bonds. The van der Waals surface area contributed by atoms with Gasteiger partial charge in [-0.05, 0) is 37.4 Å². The Bertz CT molecular complexity index is 819. The number of nitro benzene ring substituents is 1. The van der Waals surface area contributed by atoms with Crippen LogP contribution in [0, 0.1) is 17.0 Å². The lowest BCUT2D eigenvalue weighted by molar-refractivity contribution is -0.385. The lowest BCUT2D eigenvalue weighted by Crippen LogP contribution is -2.13. The van der Waals surface area contributed by atoms with E-state index in [9.17, 15) is 18.5 Å². The molecular formula is C14H14N2O4S2. The van der Waals surface area contributed by atoms with Crippen molar-refractivity contribution >= 4 is 33.2 Å². The molecule has 2 rings (SSSR count). The second-order valence-electron chi connectivity index (χ2n) is 4.54. The van der Waals surface area contributed by atoms with Crippen LogP contribution >= 0.6 is 11.8 Å². The van der Waals surface area contributed by atoms with Gasteiger partial charge in [-0.3, -0.25) is 14.8 Å². The fourth-order valence-corrected chi connectivity index (χ4v) is 3.38. The molecule has 1 N–H and O–H groups in total. The van der Waals surface area contributed by atoms with Gasteiger partial charge < -0.3 is 0 Å². The zero-order valence-corrected chi connectivity index (χ0v) is 13.6. The Morgan fingerprint density at radius 3 is 2.55 bits per heavy atom. The van der Waals surface area contributed by atoms with Crippen LogP contribution in [0.2, 0.25) is 0 Å². The zero-order chi connectivity index (χ0) is 16.3. The summed E-state index contributed by atoms with van der Waals surface area (Å²) >= 11 is 1.49. The molecular weight excluding hydrogens is 324 g/mol. The van der Waals surface area contributed by atoms with E-state index in [2.05, 4.69) is 4.72 Å². The van der Waals surface area contributed by atoms with Crippen molar-refractivity contribution in [3.05, 3.63) is 58.1 Å². The number of benzene rings is 2. The van der Waals surface area contributed by atoms with Crippen molar-refractivity contribution in [3.8, 4) is 0 Å². The number of nitro groups is 1. The molecule has 0 aromatic heterocycles. The van der Waals surface area contributed by atoms with Gasteiger partial charge >= 0.3 is 0 Å². The normalized spacial score (nSPS) is 11.2. The van der Waals surface area contributed by atoms with Crippen LogP contribution in [0.5, 0.6) is 0 Å². The van der Waals surface area contributed by atoms with Crippen LogP contribution in [0.3, 0.4) is 0 Å². The first kappa shape index (κ1) is 16.3. The fraction of sp³-hybridized carbons (Fsp3) is 0.143. The number of nitrogens with one attached hydrogen (secondary N) is 1. The summed E-state index contributed by atoms with van der Waals surface area (Å²) in [4.78, 5) is 11.1. The molecule has 2 aromatic carbocycles. The molecule has 2 aromatic rings. The third kappa shape index (κ3) is 3.58. The summed E-state index contributed by atoms with van der Waals surface area (Å²) in [6.45, 7) is 1.56. The maximum absolute atomic E-state index is 12.3. The van der Waals surface area contributed by atoms with Gasteiger partial charge in [-0.1, -0.05) is 12.1 Å². The van der Waals surface area contributed by atoms with Crippen molar-refractivity contribution in [1.29, 1.82) is 0 Å². The van der Waals surface area contributed by atoms with E-state index in [1.807, 2.05) is 12.3 Å². The van der Waals surface area contributed by atoms with E-state index in [0.29, 0.717) is 11.3 Å². The van der Waals surface area contributed by atoms with E-state index in [1.165, 1.54) is 23.9 Å². The quantitative estimate of drug-likeness (QED) is 0.512. The first-order valence-electron chi connectivity index (χ1n) is 6.25. The molecule has 0 radical (unpaired) electrons. The minimum atomic E-state index is -3.87. The Balaban J connectivity index is 2.38. The highest BCUT2D eigenvalue weighted by Gasteiger charge is 2.19. The first-order chi connectivity index (χ1) is 10.3. The monoisotopic (exact) mass is 338 g/mol. The first-order valence-corrected chi connectivity index (χ1v) is 8.96. The number of nitrogens with zero attached hydrogens (tertiary/aromatic N) is 1. The van der Waals surface area contributed by atoms with Crippen molar-refractivity contribution < 1.29 is 13.3 Å². The number of thioether (sulfide) groups is 1. The molecule has 0 saturated heterocycles. The number of anilines is 1. The maximum atomic E-state index is 12.3. The van der Waals surface area contributed by atoms with Gasteiger partial charge in [-0.2, -0.15) is 0 Å². The Labute approximate surface area is 132 Å². The molecule has 8 heteroatoms. The number of hydrogen-bond donors (Lipinski definition) is 1. The van der Waals surface area contributed by atoms with Crippen LogP contribution in [-0.4, -0.2) is 19.6 Å². The van der Waals surface area contributed by atoms with Crippen molar-refractivity contribution in [2.24, 2.45) is 0 Å². The summed E-state index contributed by atoms with van der Waals surface area (Å²) in [5, 5.41) is 10.9. The summed E-state index contributed by atoms with van der Waals surface area (Å²) in [6, 6.07) is 10.8. The number of rotatable bonds is 5. The minimum Gasteiger partial charge on any atom is -0.280 e. The summed E-state index contributed by atoms with van der Waals surface area (Å²) in [7, 11) is -3.87. The van der Waals surface area contributed by atoms with Gasteiger partial charge in [-0.25, -0.2) is 8.42 Å². The topological polar surface area (TPSA) is 89.3 Å².